The van der Waals surface area contributed by atoms with E-state index in [9.17, 15) is 8.42 Å². The Morgan fingerprint density at radius 3 is 2.36 bits per heavy atom. The molecule has 14 heteroatoms. The summed E-state index contributed by atoms with van der Waals surface area (Å²) >= 11 is 0. The normalized spacial score (nSPS) is 15.3. The van der Waals surface area contributed by atoms with E-state index in [0.29, 0.717) is 29.5 Å². The maximum absolute atomic E-state index is 13.6. The van der Waals surface area contributed by atoms with Gasteiger partial charge < -0.3 is 15.1 Å². The van der Waals surface area contributed by atoms with E-state index < -0.39 is 18.3 Å². The summed E-state index contributed by atoms with van der Waals surface area (Å²) in [6.07, 6.45) is 5.65. The predicted molar refractivity (Wildman–Crippen MR) is 185 cm³/mol. The molecule has 0 unspecified atom stereocenters. The molecule has 0 aliphatic heterocycles. The Morgan fingerprint density at radius 1 is 1.09 bits per heavy atom. The van der Waals surface area contributed by atoms with Crippen LogP contribution < -0.4 is 10.6 Å². The molecule has 3 aromatic heterocycles. The van der Waals surface area contributed by atoms with Gasteiger partial charge in [0.05, 0.1) is 29.1 Å². The van der Waals surface area contributed by atoms with Crippen LogP contribution in [0.1, 0.15) is 66.5 Å². The number of nitrogens with zero attached hydrogens (tertiary/aromatic N) is 6. The van der Waals surface area contributed by atoms with Gasteiger partial charge in [0.1, 0.15) is 5.82 Å². The molecule has 44 heavy (non-hydrogen) atoms. The van der Waals surface area contributed by atoms with E-state index in [1.807, 2.05) is 13.8 Å². The molecule has 1 aromatic carbocycles. The summed E-state index contributed by atoms with van der Waals surface area (Å²) in [5.41, 5.74) is 1.26. The van der Waals surface area contributed by atoms with E-state index in [4.69, 9.17) is 9.41 Å². The maximum Gasteiger partial charge on any atom is 0.269 e. The fraction of sp³-hybridized carbons (Fsp3) is 0.533. The third-order valence-corrected chi connectivity index (χ3v) is 14.7. The first kappa shape index (κ1) is 35.5. The van der Waals surface area contributed by atoms with Crippen molar-refractivity contribution in [1.29, 1.82) is 0 Å². The molecule has 5 rings (SSSR count). The third-order valence-electron chi connectivity index (χ3n) is 8.48. The number of aromatic nitrogens is 6. The molecule has 1 aliphatic rings. The van der Waals surface area contributed by atoms with Gasteiger partial charge in [-0.05, 0) is 75.9 Å². The summed E-state index contributed by atoms with van der Waals surface area (Å²) in [4.78, 5) is 9.57. The number of hydrogen-bond donors (Lipinski definition) is 2. The minimum Gasteiger partial charge on any atom is -0.415 e. The molecule has 2 atom stereocenters. The number of aryl methyl sites for hydroxylation is 1. The summed E-state index contributed by atoms with van der Waals surface area (Å²) in [5, 5.41) is 16.0. The zero-order valence-electron chi connectivity index (χ0n) is 26.2. The van der Waals surface area contributed by atoms with Gasteiger partial charge in [-0.1, -0.05) is 51.1 Å². The molecule has 2 N–H and O–H groups in total. The Bertz CT molecular complexity index is 1680. The van der Waals surface area contributed by atoms with Crippen molar-refractivity contribution >= 4 is 60.5 Å². The van der Waals surface area contributed by atoms with Crippen LogP contribution >= 0.6 is 13.5 Å². The monoisotopic (exact) mass is 660 g/mol. The maximum atomic E-state index is 13.6. The van der Waals surface area contributed by atoms with Crippen LogP contribution in [0.3, 0.4) is 0 Å². The van der Waals surface area contributed by atoms with Gasteiger partial charge in [0, 0.05) is 12.2 Å². The van der Waals surface area contributed by atoms with Crippen LogP contribution in [0.15, 0.2) is 47.6 Å². The van der Waals surface area contributed by atoms with Crippen LogP contribution in [0, 0.1) is 12.8 Å². The number of hydrogen-bond acceptors (Lipinski definition) is 9. The lowest BCUT2D eigenvalue weighted by atomic mass is 10.2. The highest BCUT2D eigenvalue weighted by Crippen LogP contribution is 2.37. The molecule has 0 radical (unpaired) electrons. The van der Waals surface area contributed by atoms with Crippen molar-refractivity contribution in [2.75, 3.05) is 17.2 Å². The number of anilines is 3. The van der Waals surface area contributed by atoms with Crippen LogP contribution in [0.25, 0.3) is 11.0 Å². The molecule has 0 spiro atoms. The standard InChI is InChI=1S/C29H42N8O3SSi.CH4.H2S/c1-19-9-13-23(14-10-19)41(38,39)37-16-15-24-26(30-21(3)22-11-12-22)32-28(33-27(24)37)31-25-17-36(35-34-25)20(2)18-40-42(7,8)29(4,5)6;;/h9-10,13-17,20-22H,11-12,18H2,1-8H3,(H2,30,31,32,33);1H4;1H2/t20-,21-;;/m0../s1. The molecule has 4 aromatic rings. The third kappa shape index (κ3) is 7.46. The Kier molecular flexibility index (Phi) is 10.7. The predicted octanol–water partition coefficient (Wildman–Crippen LogP) is 6.85. The van der Waals surface area contributed by atoms with Gasteiger partial charge in [-0.25, -0.2) is 17.1 Å². The van der Waals surface area contributed by atoms with Gasteiger partial charge in [0.2, 0.25) is 5.95 Å². The molecule has 1 fully saturated rings. The first-order valence-corrected chi connectivity index (χ1v) is 18.8. The molecule has 0 saturated heterocycles. The molecule has 0 amide bonds. The van der Waals surface area contributed by atoms with Gasteiger partial charge in [-0.15, -0.1) is 5.10 Å². The van der Waals surface area contributed by atoms with Gasteiger partial charge in [-0.3, -0.25) is 0 Å². The van der Waals surface area contributed by atoms with Gasteiger partial charge >= 0.3 is 0 Å². The van der Waals surface area contributed by atoms with Crippen LogP contribution in [0.4, 0.5) is 17.6 Å². The molecular weight excluding hydrogens is 613 g/mol. The second-order valence-corrected chi connectivity index (χ2v) is 19.6. The highest BCUT2D eigenvalue weighted by molar-refractivity contribution is 7.90. The van der Waals surface area contributed by atoms with Crippen molar-refractivity contribution in [3.8, 4) is 0 Å². The topological polar surface area (TPSA) is 129 Å². The average molecular weight is 661 g/mol. The molecular formula is C30H48N8O3S2Si. The molecule has 0 bridgehead atoms. The van der Waals surface area contributed by atoms with Crippen molar-refractivity contribution < 1.29 is 12.8 Å². The second kappa shape index (κ2) is 13.2. The van der Waals surface area contributed by atoms with E-state index in [0.717, 1.165) is 18.4 Å². The highest BCUT2D eigenvalue weighted by Gasteiger charge is 2.37. The molecule has 3 heterocycles. The highest BCUT2D eigenvalue weighted by atomic mass is 32.2. The summed E-state index contributed by atoms with van der Waals surface area (Å²) in [6, 6.07) is 8.69. The Balaban J connectivity index is 0.00000264. The number of benzene rings is 1. The number of fused-ring (bicyclic) bond motifs is 1. The number of nitrogens with one attached hydrogen (secondary N) is 2. The van der Waals surface area contributed by atoms with Crippen molar-refractivity contribution in [3.05, 3.63) is 48.3 Å². The van der Waals surface area contributed by atoms with E-state index in [-0.39, 0.29) is 54.5 Å². The van der Waals surface area contributed by atoms with Gasteiger partial charge in [-0.2, -0.15) is 23.5 Å². The smallest absolute Gasteiger partial charge is 0.269 e. The fourth-order valence-electron chi connectivity index (χ4n) is 4.39. The largest absolute Gasteiger partial charge is 0.415 e. The van der Waals surface area contributed by atoms with E-state index in [2.05, 4.69) is 66.7 Å². The first-order valence-electron chi connectivity index (χ1n) is 14.5. The summed E-state index contributed by atoms with van der Waals surface area (Å²) in [5.74, 6) is 1.82. The molecule has 1 aliphatic carbocycles. The summed E-state index contributed by atoms with van der Waals surface area (Å²) in [6.45, 7) is 17.7. The minimum atomic E-state index is -3.89. The van der Waals surface area contributed by atoms with Crippen molar-refractivity contribution in [1.82, 2.24) is 28.9 Å². The lowest BCUT2D eigenvalue weighted by Crippen LogP contribution is -2.42. The van der Waals surface area contributed by atoms with E-state index in [1.54, 1.807) is 41.2 Å². The Labute approximate surface area is 269 Å². The second-order valence-electron chi connectivity index (χ2n) is 13.0. The summed E-state index contributed by atoms with van der Waals surface area (Å²) in [7, 11) is -5.79. The average Bonchev–Trinajstić information content (AvgIpc) is 3.51. The Morgan fingerprint density at radius 2 is 1.75 bits per heavy atom. The van der Waals surface area contributed by atoms with Crippen LogP contribution in [-0.4, -0.2) is 58.3 Å². The SMILES string of the molecule is C.Cc1ccc(S(=O)(=O)n2ccc3c(N[C@@H](C)C4CC4)nc(Nc4cn([C@@H](C)CO[Si](C)(C)C(C)(C)C)nn4)nc32)cc1.S. The molecule has 11 nitrogen and oxygen atoms in total. The zero-order valence-corrected chi connectivity index (χ0v) is 29.0. The van der Waals surface area contributed by atoms with Crippen LogP contribution in [0.5, 0.6) is 0 Å². The quantitative estimate of drug-likeness (QED) is 0.166. The van der Waals surface area contributed by atoms with Crippen LogP contribution in [0.2, 0.25) is 18.1 Å². The van der Waals surface area contributed by atoms with Gasteiger partial charge in [0.25, 0.3) is 10.0 Å². The zero-order chi connectivity index (χ0) is 30.4. The van der Waals surface area contributed by atoms with E-state index >= 15 is 0 Å². The first-order chi connectivity index (χ1) is 19.7. The van der Waals surface area contributed by atoms with Crippen molar-refractivity contribution in [2.24, 2.45) is 5.92 Å². The molecule has 1 saturated carbocycles. The van der Waals surface area contributed by atoms with Crippen LogP contribution in [-0.2, 0) is 14.4 Å². The number of rotatable bonds is 11. The molecule has 242 valence electrons. The van der Waals surface area contributed by atoms with Gasteiger partial charge in [0.15, 0.2) is 19.8 Å². The summed E-state index contributed by atoms with van der Waals surface area (Å²) < 4.78 is 36.6. The van der Waals surface area contributed by atoms with E-state index in [1.165, 1.54) is 10.2 Å². The minimum absolute atomic E-state index is 0. The van der Waals surface area contributed by atoms with Crippen molar-refractivity contribution in [2.45, 2.75) is 96.9 Å². The van der Waals surface area contributed by atoms with Crippen molar-refractivity contribution in [3.63, 3.8) is 0 Å². The Hall–Kier alpha value is -2.94. The fourth-order valence-corrected chi connectivity index (χ4v) is 6.78. The lowest BCUT2D eigenvalue weighted by molar-refractivity contribution is 0.228. The lowest BCUT2D eigenvalue weighted by Gasteiger charge is -2.36.